The summed E-state index contributed by atoms with van der Waals surface area (Å²) < 4.78 is 16.6. The third-order valence-corrected chi connectivity index (χ3v) is 6.20. The maximum atomic E-state index is 13.0. The summed E-state index contributed by atoms with van der Waals surface area (Å²) >= 11 is 1.32. The number of rotatable bonds is 6. The Labute approximate surface area is 183 Å². The Hall–Kier alpha value is -2.82. The van der Waals surface area contributed by atoms with Crippen LogP contribution in [0.25, 0.3) is 10.2 Å². The Balaban J connectivity index is 1.64. The third kappa shape index (κ3) is 4.32. The van der Waals surface area contributed by atoms with Gasteiger partial charge < -0.3 is 24.1 Å². The van der Waals surface area contributed by atoms with Crippen LogP contribution in [0.2, 0.25) is 0 Å². The number of nitrogens with one attached hydrogen (secondary N) is 1. The highest BCUT2D eigenvalue weighted by atomic mass is 32.1. The van der Waals surface area contributed by atoms with E-state index in [-0.39, 0.29) is 17.6 Å². The lowest BCUT2D eigenvalue weighted by Gasteiger charge is -2.33. The van der Waals surface area contributed by atoms with Crippen molar-refractivity contribution in [2.75, 3.05) is 40.0 Å². The highest BCUT2D eigenvalue weighted by molar-refractivity contribution is 7.20. The van der Waals surface area contributed by atoms with E-state index in [1.165, 1.54) is 11.3 Å². The van der Waals surface area contributed by atoms with Crippen LogP contribution < -0.4 is 5.32 Å². The van der Waals surface area contributed by atoms with Gasteiger partial charge in [0.2, 0.25) is 5.76 Å². The number of ether oxygens (including phenoxy) is 2. The van der Waals surface area contributed by atoms with Gasteiger partial charge in [0.05, 0.1) is 25.5 Å². The molecule has 1 saturated heterocycles. The van der Waals surface area contributed by atoms with Gasteiger partial charge in [0.25, 0.3) is 11.8 Å². The topological polar surface area (TPSA) is 107 Å². The molecule has 164 valence electrons. The number of pyridine rings is 1. The molecule has 31 heavy (non-hydrogen) atoms. The van der Waals surface area contributed by atoms with Crippen molar-refractivity contribution in [3.63, 3.8) is 0 Å². The Morgan fingerprint density at radius 2 is 2.23 bits per heavy atom. The van der Waals surface area contributed by atoms with Gasteiger partial charge in [-0.1, -0.05) is 6.07 Å². The minimum atomic E-state index is -0.455. The predicted molar refractivity (Wildman–Crippen MR) is 114 cm³/mol. The molecule has 1 aliphatic heterocycles. The number of nitrogens with zero attached hydrogens (tertiary/aromatic N) is 3. The molecule has 0 bridgehead atoms. The monoisotopic (exact) mass is 444 g/mol. The van der Waals surface area contributed by atoms with Crippen molar-refractivity contribution >= 4 is 33.4 Å². The second-order valence-electron chi connectivity index (χ2n) is 7.21. The summed E-state index contributed by atoms with van der Waals surface area (Å²) in [4.78, 5) is 37.5. The zero-order chi connectivity index (χ0) is 22.0. The number of hydrogen-bond donors (Lipinski definition) is 1. The van der Waals surface area contributed by atoms with E-state index in [2.05, 4.69) is 15.3 Å². The summed E-state index contributed by atoms with van der Waals surface area (Å²) in [6.07, 6.45) is 1.24. The second kappa shape index (κ2) is 9.13. The van der Waals surface area contributed by atoms with E-state index < -0.39 is 6.10 Å². The number of carbonyl (C=O) groups is 2. The summed E-state index contributed by atoms with van der Waals surface area (Å²) in [5.41, 5.74) is 1.32. The van der Waals surface area contributed by atoms with Gasteiger partial charge in [-0.05, 0) is 13.0 Å². The smallest absolute Gasteiger partial charge is 0.291 e. The van der Waals surface area contributed by atoms with Crippen LogP contribution in [-0.2, 0) is 9.47 Å². The zero-order valence-electron chi connectivity index (χ0n) is 17.6. The van der Waals surface area contributed by atoms with Crippen LogP contribution in [0.5, 0.6) is 0 Å². The SMILES string of the molecule is COCCNC(=O)c1sc2ncccc2c1[C@H]1CN(C(=O)c2oc(C)nc2C)CCO1. The first kappa shape index (κ1) is 21.4. The van der Waals surface area contributed by atoms with Crippen LogP contribution in [0, 0.1) is 13.8 Å². The van der Waals surface area contributed by atoms with Crippen LogP contribution >= 0.6 is 11.3 Å². The molecule has 1 atom stereocenters. The van der Waals surface area contributed by atoms with Crippen LogP contribution in [0.15, 0.2) is 22.7 Å². The fourth-order valence-corrected chi connectivity index (χ4v) is 4.78. The van der Waals surface area contributed by atoms with Gasteiger partial charge in [-0.3, -0.25) is 9.59 Å². The number of amides is 2. The Kier molecular flexibility index (Phi) is 6.30. The maximum absolute atomic E-state index is 13.0. The molecule has 2 amide bonds. The molecule has 3 aromatic rings. The van der Waals surface area contributed by atoms with E-state index in [0.717, 1.165) is 15.8 Å². The molecule has 1 aliphatic rings. The number of hydrogen-bond acceptors (Lipinski definition) is 8. The molecule has 1 N–H and O–H groups in total. The molecule has 0 spiro atoms. The lowest BCUT2D eigenvalue weighted by atomic mass is 10.0. The number of aryl methyl sites for hydroxylation is 2. The predicted octanol–water partition coefficient (Wildman–Crippen LogP) is 2.49. The van der Waals surface area contributed by atoms with Crippen molar-refractivity contribution in [3.8, 4) is 0 Å². The average molecular weight is 445 g/mol. The van der Waals surface area contributed by atoms with Crippen molar-refractivity contribution in [2.24, 2.45) is 0 Å². The van der Waals surface area contributed by atoms with E-state index in [4.69, 9.17) is 13.9 Å². The molecule has 4 heterocycles. The molecule has 3 aromatic heterocycles. The Morgan fingerprint density at radius 3 is 2.97 bits per heavy atom. The molecule has 0 radical (unpaired) electrons. The lowest BCUT2D eigenvalue weighted by molar-refractivity contribution is -0.0232. The van der Waals surface area contributed by atoms with E-state index in [1.54, 1.807) is 32.1 Å². The van der Waals surface area contributed by atoms with Gasteiger partial charge in [0, 0.05) is 44.3 Å². The molecule has 0 aromatic carbocycles. The first-order chi connectivity index (χ1) is 15.0. The molecule has 0 aliphatic carbocycles. The summed E-state index contributed by atoms with van der Waals surface area (Å²) in [5, 5.41) is 3.73. The molecule has 9 nitrogen and oxygen atoms in total. The van der Waals surface area contributed by atoms with Crippen molar-refractivity contribution in [3.05, 3.63) is 46.1 Å². The lowest BCUT2D eigenvalue weighted by Crippen LogP contribution is -2.42. The highest BCUT2D eigenvalue weighted by Gasteiger charge is 2.33. The molecule has 4 rings (SSSR count). The second-order valence-corrected chi connectivity index (χ2v) is 8.21. The normalized spacial score (nSPS) is 16.6. The first-order valence-corrected chi connectivity index (χ1v) is 10.8. The van der Waals surface area contributed by atoms with Crippen molar-refractivity contribution in [1.29, 1.82) is 0 Å². The summed E-state index contributed by atoms with van der Waals surface area (Å²) in [5.74, 6) is 0.266. The number of methoxy groups -OCH3 is 1. The maximum Gasteiger partial charge on any atom is 0.291 e. The zero-order valence-corrected chi connectivity index (χ0v) is 18.5. The molecule has 0 unspecified atom stereocenters. The van der Waals surface area contributed by atoms with Crippen LogP contribution in [0.4, 0.5) is 0 Å². The van der Waals surface area contributed by atoms with Crippen LogP contribution in [0.1, 0.15) is 43.5 Å². The van der Waals surface area contributed by atoms with Crippen molar-refractivity contribution < 1.29 is 23.5 Å². The highest BCUT2D eigenvalue weighted by Crippen LogP contribution is 2.37. The van der Waals surface area contributed by atoms with Crippen molar-refractivity contribution in [2.45, 2.75) is 20.0 Å². The molecular weight excluding hydrogens is 420 g/mol. The van der Waals surface area contributed by atoms with Crippen molar-refractivity contribution in [1.82, 2.24) is 20.2 Å². The number of thiophene rings is 1. The van der Waals surface area contributed by atoms with Gasteiger partial charge in [-0.25, -0.2) is 9.97 Å². The fourth-order valence-electron chi connectivity index (χ4n) is 3.67. The van der Waals surface area contributed by atoms with E-state index >= 15 is 0 Å². The summed E-state index contributed by atoms with van der Waals surface area (Å²) in [6.45, 7) is 5.37. The fraction of sp³-hybridized carbons (Fsp3) is 0.429. The number of fused-ring (bicyclic) bond motifs is 1. The largest absolute Gasteiger partial charge is 0.436 e. The van der Waals surface area contributed by atoms with Gasteiger partial charge in [0.15, 0.2) is 5.89 Å². The Morgan fingerprint density at radius 1 is 1.39 bits per heavy atom. The van der Waals surface area contributed by atoms with E-state index in [9.17, 15) is 9.59 Å². The number of oxazole rings is 1. The summed E-state index contributed by atoms with van der Waals surface area (Å²) in [7, 11) is 1.58. The Bertz CT molecular complexity index is 1110. The number of carbonyl (C=O) groups excluding carboxylic acids is 2. The standard InChI is InChI=1S/C21H24N4O5S/c1-12-17(30-13(2)24-12)21(27)25-8-10-29-15(11-25)16-14-5-4-6-23-20(14)31-18(16)19(26)22-7-9-28-3/h4-6,15H,7-11H2,1-3H3,(H,22,26)/t15-/m1/s1. The van der Waals surface area contributed by atoms with Gasteiger partial charge >= 0.3 is 0 Å². The summed E-state index contributed by atoms with van der Waals surface area (Å²) in [6, 6.07) is 3.76. The quantitative estimate of drug-likeness (QED) is 0.582. The van der Waals surface area contributed by atoms with E-state index in [1.807, 2.05) is 12.1 Å². The van der Waals surface area contributed by atoms with Crippen LogP contribution in [0.3, 0.4) is 0 Å². The van der Waals surface area contributed by atoms with Gasteiger partial charge in [0.1, 0.15) is 15.8 Å². The molecule has 1 fully saturated rings. The number of aromatic nitrogens is 2. The molecular formula is C21H24N4O5S. The number of morpholine rings is 1. The van der Waals surface area contributed by atoms with E-state index in [0.29, 0.717) is 49.3 Å². The third-order valence-electron chi connectivity index (χ3n) is 5.08. The molecule has 0 saturated carbocycles. The first-order valence-electron chi connectivity index (χ1n) is 9.99. The van der Waals surface area contributed by atoms with Crippen LogP contribution in [-0.4, -0.2) is 66.6 Å². The van der Waals surface area contributed by atoms with Gasteiger partial charge in [-0.15, -0.1) is 11.3 Å². The average Bonchev–Trinajstić information content (AvgIpc) is 3.33. The molecule has 10 heteroatoms. The minimum Gasteiger partial charge on any atom is -0.436 e. The van der Waals surface area contributed by atoms with Gasteiger partial charge in [-0.2, -0.15) is 0 Å². The minimum absolute atomic E-state index is 0.205.